The van der Waals surface area contributed by atoms with E-state index in [4.69, 9.17) is 5.11 Å². The maximum absolute atomic E-state index is 11.9. The van der Waals surface area contributed by atoms with Gasteiger partial charge in [-0.05, 0) is 24.6 Å². The highest BCUT2D eigenvalue weighted by Gasteiger charge is 2.11. The fourth-order valence-corrected chi connectivity index (χ4v) is 2.41. The highest BCUT2D eigenvalue weighted by atomic mass is 32.1. The minimum absolute atomic E-state index is 0.0629. The summed E-state index contributed by atoms with van der Waals surface area (Å²) in [5.74, 6) is -0.172. The van der Waals surface area contributed by atoms with Crippen LogP contribution in [0.3, 0.4) is 0 Å². The van der Waals surface area contributed by atoms with Crippen molar-refractivity contribution in [2.45, 2.75) is 13.5 Å². The van der Waals surface area contributed by atoms with Crippen molar-refractivity contribution < 1.29 is 9.90 Å². The molecule has 0 atom stereocenters. The normalized spacial score (nSPS) is 10.3. The predicted molar refractivity (Wildman–Crippen MR) is 80.0 cm³/mol. The zero-order valence-electron chi connectivity index (χ0n) is 11.2. The molecule has 0 saturated heterocycles. The lowest BCUT2D eigenvalue weighted by Gasteiger charge is -2.12. The van der Waals surface area contributed by atoms with E-state index in [2.05, 4.69) is 15.6 Å². The highest BCUT2D eigenvalue weighted by molar-refractivity contribution is 7.07. The molecule has 1 aromatic heterocycles. The van der Waals surface area contributed by atoms with E-state index >= 15 is 0 Å². The molecule has 0 saturated carbocycles. The van der Waals surface area contributed by atoms with Crippen molar-refractivity contribution in [3.05, 3.63) is 45.9 Å². The zero-order chi connectivity index (χ0) is 14.4. The monoisotopic (exact) mass is 291 g/mol. The van der Waals surface area contributed by atoms with Crippen LogP contribution in [0.2, 0.25) is 0 Å². The molecule has 2 aromatic rings. The van der Waals surface area contributed by atoms with Gasteiger partial charge in [-0.15, -0.1) is 11.3 Å². The lowest BCUT2D eigenvalue weighted by atomic mass is 10.1. The van der Waals surface area contributed by atoms with Crippen molar-refractivity contribution in [2.75, 3.05) is 18.5 Å². The Hall–Kier alpha value is -1.92. The number of nitrogens with one attached hydrogen (secondary N) is 2. The zero-order valence-corrected chi connectivity index (χ0v) is 12.0. The number of benzene rings is 1. The molecule has 1 amide bonds. The summed E-state index contributed by atoms with van der Waals surface area (Å²) in [5.41, 5.74) is 5.18. The van der Waals surface area contributed by atoms with Crippen LogP contribution in [-0.4, -0.2) is 29.1 Å². The quantitative estimate of drug-likeness (QED) is 0.758. The topological polar surface area (TPSA) is 74.2 Å². The molecule has 20 heavy (non-hydrogen) atoms. The Morgan fingerprint density at radius 2 is 2.30 bits per heavy atom. The molecule has 0 spiro atoms. The number of thiazole rings is 1. The summed E-state index contributed by atoms with van der Waals surface area (Å²) >= 11 is 1.56. The van der Waals surface area contributed by atoms with Crippen LogP contribution >= 0.6 is 11.3 Å². The predicted octanol–water partition coefficient (Wildman–Crippen LogP) is 1.79. The van der Waals surface area contributed by atoms with E-state index in [1.54, 1.807) is 22.9 Å². The van der Waals surface area contributed by atoms with Gasteiger partial charge in [0.25, 0.3) is 5.91 Å². The fourth-order valence-electron chi connectivity index (χ4n) is 1.85. The molecule has 0 bridgehead atoms. The third-order valence-corrected chi connectivity index (χ3v) is 3.55. The second kappa shape index (κ2) is 7.02. The molecular formula is C14H17N3O2S. The molecule has 3 N–H and O–H groups in total. The van der Waals surface area contributed by atoms with Gasteiger partial charge >= 0.3 is 0 Å². The van der Waals surface area contributed by atoms with E-state index in [0.29, 0.717) is 12.1 Å². The van der Waals surface area contributed by atoms with Gasteiger partial charge in [0.2, 0.25) is 0 Å². The maximum Gasteiger partial charge on any atom is 0.251 e. The molecule has 0 aliphatic heterocycles. The summed E-state index contributed by atoms with van der Waals surface area (Å²) in [6.07, 6.45) is 0. The first kappa shape index (κ1) is 14.5. The Labute approximate surface area is 121 Å². The van der Waals surface area contributed by atoms with E-state index in [0.717, 1.165) is 16.9 Å². The summed E-state index contributed by atoms with van der Waals surface area (Å²) < 4.78 is 0. The number of aromatic nitrogens is 1. The lowest BCUT2D eigenvalue weighted by Crippen LogP contribution is -2.27. The number of nitrogens with zero attached hydrogens (tertiary/aromatic N) is 1. The van der Waals surface area contributed by atoms with E-state index in [9.17, 15) is 4.79 Å². The summed E-state index contributed by atoms with van der Waals surface area (Å²) in [6, 6.07) is 5.55. The van der Waals surface area contributed by atoms with Gasteiger partial charge in [0.1, 0.15) is 0 Å². The van der Waals surface area contributed by atoms with Crippen molar-refractivity contribution in [3.63, 3.8) is 0 Å². The molecule has 0 radical (unpaired) electrons. The van der Waals surface area contributed by atoms with Crippen molar-refractivity contribution >= 4 is 22.9 Å². The van der Waals surface area contributed by atoms with Crippen LogP contribution in [0.5, 0.6) is 0 Å². The van der Waals surface area contributed by atoms with Crippen LogP contribution in [0.4, 0.5) is 5.69 Å². The Kier molecular flexibility index (Phi) is 5.09. The molecule has 6 heteroatoms. The molecule has 0 fully saturated rings. The van der Waals surface area contributed by atoms with E-state index in [1.807, 2.05) is 24.4 Å². The number of aliphatic hydroxyl groups excluding tert-OH is 1. The van der Waals surface area contributed by atoms with Gasteiger partial charge in [-0.1, -0.05) is 6.07 Å². The number of hydrogen-bond acceptors (Lipinski definition) is 5. The standard InChI is InChI=1S/C14H17N3O2S/c1-10-12(14(19)15-5-6-18)3-2-4-13(10)16-7-11-8-20-9-17-11/h2-4,8-9,16,18H,5-7H2,1H3,(H,15,19). The molecular weight excluding hydrogens is 274 g/mol. The number of amides is 1. The van der Waals surface area contributed by atoms with Crippen LogP contribution < -0.4 is 10.6 Å². The van der Waals surface area contributed by atoms with Crippen LogP contribution in [0.15, 0.2) is 29.1 Å². The average molecular weight is 291 g/mol. The second-order valence-electron chi connectivity index (χ2n) is 4.29. The van der Waals surface area contributed by atoms with Crippen LogP contribution in [0.1, 0.15) is 21.6 Å². The first-order chi connectivity index (χ1) is 9.72. The molecule has 0 aliphatic rings. The van der Waals surface area contributed by atoms with Crippen LogP contribution in [0.25, 0.3) is 0 Å². The Morgan fingerprint density at radius 3 is 3.00 bits per heavy atom. The summed E-state index contributed by atoms with van der Waals surface area (Å²) in [4.78, 5) is 16.2. The average Bonchev–Trinajstić information content (AvgIpc) is 2.97. The molecule has 2 rings (SSSR count). The highest BCUT2D eigenvalue weighted by Crippen LogP contribution is 2.19. The third-order valence-electron chi connectivity index (χ3n) is 2.92. The molecule has 1 heterocycles. The Balaban J connectivity index is 2.08. The van der Waals surface area contributed by atoms with Gasteiger partial charge in [-0.2, -0.15) is 0 Å². The Bertz CT molecular complexity index is 570. The molecule has 5 nitrogen and oxygen atoms in total. The van der Waals surface area contributed by atoms with Gasteiger partial charge in [0, 0.05) is 23.2 Å². The summed E-state index contributed by atoms with van der Waals surface area (Å²) in [5, 5.41) is 16.7. The first-order valence-electron chi connectivity index (χ1n) is 6.32. The van der Waals surface area contributed by atoms with E-state index in [1.165, 1.54) is 0 Å². The van der Waals surface area contributed by atoms with Gasteiger partial charge in [0.05, 0.1) is 24.4 Å². The van der Waals surface area contributed by atoms with Gasteiger partial charge < -0.3 is 15.7 Å². The Morgan fingerprint density at radius 1 is 1.45 bits per heavy atom. The summed E-state index contributed by atoms with van der Waals surface area (Å²) in [7, 11) is 0. The van der Waals surface area contributed by atoms with Gasteiger partial charge in [-0.3, -0.25) is 4.79 Å². The first-order valence-corrected chi connectivity index (χ1v) is 7.26. The molecule has 0 aliphatic carbocycles. The minimum Gasteiger partial charge on any atom is -0.395 e. The van der Waals surface area contributed by atoms with E-state index in [-0.39, 0.29) is 19.1 Å². The SMILES string of the molecule is Cc1c(NCc2cscn2)cccc1C(=O)NCCO. The van der Waals surface area contributed by atoms with Crippen molar-refractivity contribution in [2.24, 2.45) is 0 Å². The molecule has 1 aromatic carbocycles. The largest absolute Gasteiger partial charge is 0.395 e. The maximum atomic E-state index is 11.9. The van der Waals surface area contributed by atoms with Crippen molar-refractivity contribution in [3.8, 4) is 0 Å². The van der Waals surface area contributed by atoms with E-state index < -0.39 is 0 Å². The minimum atomic E-state index is -0.172. The smallest absolute Gasteiger partial charge is 0.251 e. The number of carbonyl (C=O) groups is 1. The molecule has 0 unspecified atom stereocenters. The number of anilines is 1. The second-order valence-corrected chi connectivity index (χ2v) is 5.01. The molecule has 106 valence electrons. The third kappa shape index (κ3) is 3.55. The van der Waals surface area contributed by atoms with Crippen LogP contribution in [0, 0.1) is 6.92 Å². The number of carbonyl (C=O) groups excluding carboxylic acids is 1. The fraction of sp³-hybridized carbons (Fsp3) is 0.286. The van der Waals surface area contributed by atoms with Crippen molar-refractivity contribution in [1.82, 2.24) is 10.3 Å². The number of rotatable bonds is 6. The number of hydrogen-bond donors (Lipinski definition) is 3. The van der Waals surface area contributed by atoms with Gasteiger partial charge in [-0.25, -0.2) is 4.98 Å². The summed E-state index contributed by atoms with van der Waals surface area (Å²) in [6.45, 7) is 2.73. The van der Waals surface area contributed by atoms with Crippen LogP contribution in [-0.2, 0) is 6.54 Å². The van der Waals surface area contributed by atoms with Crippen molar-refractivity contribution in [1.29, 1.82) is 0 Å². The number of aliphatic hydroxyl groups is 1. The van der Waals surface area contributed by atoms with Gasteiger partial charge in [0.15, 0.2) is 0 Å². The lowest BCUT2D eigenvalue weighted by molar-refractivity contribution is 0.0944.